The molecule has 1 fully saturated rings. The Morgan fingerprint density at radius 3 is 2.79 bits per heavy atom. The van der Waals surface area contributed by atoms with Crippen LogP contribution >= 0.6 is 0 Å². The third kappa shape index (κ3) is 3.45. The van der Waals surface area contributed by atoms with Gasteiger partial charge >= 0.3 is 6.18 Å². The first-order chi connectivity index (χ1) is 13.1. The molecule has 1 heterocycles. The maximum atomic E-state index is 13.8. The number of ether oxygens (including phenoxy) is 1. The number of hydrogen-bond donors (Lipinski definition) is 2. The lowest BCUT2D eigenvalue weighted by Gasteiger charge is -2.37. The van der Waals surface area contributed by atoms with Crippen LogP contribution in [-0.4, -0.2) is 34.5 Å². The third-order valence-corrected chi connectivity index (χ3v) is 5.31. The molecule has 0 saturated carbocycles. The summed E-state index contributed by atoms with van der Waals surface area (Å²) >= 11 is 0. The SMILES string of the molecule is Cc1ccc(C(C)C)c(OCC(=O)N2NC3=CCCC[C@@H]3[C@]2(O)C(F)(F)F)c1. The summed E-state index contributed by atoms with van der Waals surface area (Å²) < 4.78 is 46.9. The molecular weight excluding hydrogens is 373 g/mol. The second-order valence-electron chi connectivity index (χ2n) is 7.69. The van der Waals surface area contributed by atoms with Crippen LogP contribution in [0.4, 0.5) is 13.2 Å². The molecule has 0 aromatic heterocycles. The number of alkyl halides is 3. The number of aryl methyl sites for hydroxylation is 1. The van der Waals surface area contributed by atoms with Crippen molar-refractivity contribution in [1.29, 1.82) is 0 Å². The maximum Gasteiger partial charge on any atom is 0.439 e. The zero-order valence-electron chi connectivity index (χ0n) is 16.1. The van der Waals surface area contributed by atoms with Gasteiger partial charge in [0.05, 0.1) is 5.92 Å². The first kappa shape index (κ1) is 20.5. The topological polar surface area (TPSA) is 61.8 Å². The van der Waals surface area contributed by atoms with Crippen LogP contribution in [0.5, 0.6) is 5.75 Å². The van der Waals surface area contributed by atoms with Crippen LogP contribution in [0, 0.1) is 12.8 Å². The molecule has 1 amide bonds. The highest BCUT2D eigenvalue weighted by Gasteiger charge is 2.68. The average Bonchev–Trinajstić information content (AvgIpc) is 2.94. The van der Waals surface area contributed by atoms with Crippen molar-refractivity contribution in [1.82, 2.24) is 10.4 Å². The summed E-state index contributed by atoms with van der Waals surface area (Å²) in [7, 11) is 0. The minimum absolute atomic E-state index is 0.121. The van der Waals surface area contributed by atoms with E-state index in [-0.39, 0.29) is 18.0 Å². The number of aliphatic hydroxyl groups is 1. The molecule has 1 aromatic rings. The number of carbonyl (C=O) groups is 1. The van der Waals surface area contributed by atoms with E-state index in [2.05, 4.69) is 5.43 Å². The Balaban J connectivity index is 1.83. The molecule has 2 N–H and O–H groups in total. The molecule has 3 rings (SSSR count). The van der Waals surface area contributed by atoms with Crippen molar-refractivity contribution >= 4 is 5.91 Å². The van der Waals surface area contributed by atoms with E-state index in [1.807, 2.05) is 32.9 Å². The molecular formula is C20H25F3N2O3. The van der Waals surface area contributed by atoms with Gasteiger partial charge in [0, 0.05) is 5.70 Å². The summed E-state index contributed by atoms with van der Waals surface area (Å²) in [6.45, 7) is 5.16. The number of hydrogen-bond acceptors (Lipinski definition) is 4. The van der Waals surface area contributed by atoms with Crippen LogP contribution in [0.25, 0.3) is 0 Å². The molecule has 0 unspecified atom stereocenters. The Hall–Kier alpha value is -2.22. The Morgan fingerprint density at radius 1 is 1.43 bits per heavy atom. The van der Waals surface area contributed by atoms with Gasteiger partial charge in [-0.1, -0.05) is 32.1 Å². The molecule has 28 heavy (non-hydrogen) atoms. The van der Waals surface area contributed by atoms with Gasteiger partial charge in [-0.05, 0) is 49.3 Å². The van der Waals surface area contributed by atoms with Crippen molar-refractivity contribution in [3.63, 3.8) is 0 Å². The number of nitrogens with zero attached hydrogens (tertiary/aromatic N) is 1. The van der Waals surface area contributed by atoms with E-state index in [0.29, 0.717) is 23.6 Å². The highest BCUT2D eigenvalue weighted by Crippen LogP contribution is 2.48. The molecule has 2 aliphatic rings. The number of carbonyl (C=O) groups excluding carboxylic acids is 1. The van der Waals surface area contributed by atoms with Gasteiger partial charge in [0.2, 0.25) is 0 Å². The largest absolute Gasteiger partial charge is 0.483 e. The van der Waals surface area contributed by atoms with Gasteiger partial charge in [0.25, 0.3) is 11.6 Å². The van der Waals surface area contributed by atoms with Crippen molar-refractivity contribution in [2.24, 2.45) is 5.92 Å². The van der Waals surface area contributed by atoms with Crippen LogP contribution in [0.3, 0.4) is 0 Å². The number of amides is 1. The molecule has 0 spiro atoms. The molecule has 1 aromatic carbocycles. The van der Waals surface area contributed by atoms with Crippen molar-refractivity contribution in [3.8, 4) is 5.75 Å². The minimum Gasteiger partial charge on any atom is -0.483 e. The quantitative estimate of drug-likeness (QED) is 0.810. The highest BCUT2D eigenvalue weighted by molar-refractivity contribution is 5.79. The number of hydrazine groups is 1. The standard InChI is InChI=1S/C20H25F3N2O3/c1-12(2)14-9-8-13(3)10-17(14)28-11-18(26)25-19(27,20(21,22)23)15-6-4-5-7-16(15)24-25/h7-10,12,15,24,27H,4-6,11H2,1-3H3/t15-,19-/m0/s1. The summed E-state index contributed by atoms with van der Waals surface area (Å²) in [4.78, 5) is 12.6. The number of benzene rings is 1. The normalized spacial score (nSPS) is 24.6. The Labute approximate surface area is 162 Å². The summed E-state index contributed by atoms with van der Waals surface area (Å²) in [5, 5.41) is 10.8. The lowest BCUT2D eigenvalue weighted by molar-refractivity contribution is -0.319. The summed E-state index contributed by atoms with van der Waals surface area (Å²) in [6.07, 6.45) is -2.12. The fourth-order valence-corrected chi connectivity index (χ4v) is 3.81. The van der Waals surface area contributed by atoms with Crippen molar-refractivity contribution in [2.45, 2.75) is 57.9 Å². The van der Waals surface area contributed by atoms with Gasteiger partial charge in [-0.25, -0.2) is 5.01 Å². The van der Waals surface area contributed by atoms with E-state index < -0.39 is 30.3 Å². The van der Waals surface area contributed by atoms with E-state index in [1.165, 1.54) is 0 Å². The van der Waals surface area contributed by atoms with Gasteiger partial charge in [-0.15, -0.1) is 0 Å². The molecule has 1 saturated heterocycles. The molecule has 154 valence electrons. The summed E-state index contributed by atoms with van der Waals surface area (Å²) in [5.41, 5.74) is 1.19. The third-order valence-electron chi connectivity index (χ3n) is 5.31. The lowest BCUT2D eigenvalue weighted by Crippen LogP contribution is -2.63. The van der Waals surface area contributed by atoms with Crippen molar-refractivity contribution in [3.05, 3.63) is 41.1 Å². The minimum atomic E-state index is -5.00. The second-order valence-corrected chi connectivity index (χ2v) is 7.69. The van der Waals surface area contributed by atoms with E-state index in [4.69, 9.17) is 4.74 Å². The van der Waals surface area contributed by atoms with Crippen LogP contribution < -0.4 is 10.2 Å². The zero-order valence-corrected chi connectivity index (χ0v) is 16.1. The van der Waals surface area contributed by atoms with Gasteiger partial charge < -0.3 is 9.84 Å². The van der Waals surface area contributed by atoms with E-state index in [9.17, 15) is 23.1 Å². The van der Waals surface area contributed by atoms with Gasteiger partial charge in [-0.2, -0.15) is 13.2 Å². The van der Waals surface area contributed by atoms with Crippen LogP contribution in [0.2, 0.25) is 0 Å². The number of nitrogens with one attached hydrogen (secondary N) is 1. The van der Waals surface area contributed by atoms with Gasteiger partial charge in [-0.3, -0.25) is 10.2 Å². The predicted octanol–water partition coefficient (Wildman–Crippen LogP) is 3.78. The maximum absolute atomic E-state index is 13.8. The van der Waals surface area contributed by atoms with Crippen LogP contribution in [0.1, 0.15) is 50.2 Å². The summed E-state index contributed by atoms with van der Waals surface area (Å²) in [6, 6.07) is 5.53. The van der Waals surface area contributed by atoms with E-state index in [1.54, 1.807) is 12.1 Å². The van der Waals surface area contributed by atoms with Crippen LogP contribution in [-0.2, 0) is 4.79 Å². The van der Waals surface area contributed by atoms with Crippen molar-refractivity contribution < 1.29 is 27.8 Å². The van der Waals surface area contributed by atoms with Gasteiger partial charge in [0.15, 0.2) is 6.61 Å². The molecule has 5 nitrogen and oxygen atoms in total. The van der Waals surface area contributed by atoms with Crippen LogP contribution in [0.15, 0.2) is 30.0 Å². The van der Waals surface area contributed by atoms with E-state index in [0.717, 1.165) is 11.1 Å². The smallest absolute Gasteiger partial charge is 0.439 e. The van der Waals surface area contributed by atoms with Gasteiger partial charge in [0.1, 0.15) is 5.75 Å². The number of allylic oxidation sites excluding steroid dienone is 1. The molecule has 2 atom stereocenters. The number of halogens is 3. The monoisotopic (exact) mass is 398 g/mol. The Bertz CT molecular complexity index is 791. The fourth-order valence-electron chi connectivity index (χ4n) is 3.81. The highest BCUT2D eigenvalue weighted by atomic mass is 19.4. The first-order valence-corrected chi connectivity index (χ1v) is 9.38. The Morgan fingerprint density at radius 2 is 2.14 bits per heavy atom. The number of fused-ring (bicyclic) bond motifs is 1. The Kier molecular flexibility index (Phi) is 5.36. The first-order valence-electron chi connectivity index (χ1n) is 9.38. The number of rotatable bonds is 4. The lowest BCUT2D eigenvalue weighted by atomic mass is 9.84. The molecule has 0 radical (unpaired) electrons. The molecule has 0 bridgehead atoms. The molecule has 1 aliphatic carbocycles. The fraction of sp³-hybridized carbons (Fsp3) is 0.550. The van der Waals surface area contributed by atoms with E-state index >= 15 is 0 Å². The predicted molar refractivity (Wildman–Crippen MR) is 97.2 cm³/mol. The molecule has 8 heteroatoms. The second kappa shape index (κ2) is 7.31. The average molecular weight is 398 g/mol. The summed E-state index contributed by atoms with van der Waals surface area (Å²) in [5.74, 6) is -1.62. The molecule has 1 aliphatic heterocycles. The van der Waals surface area contributed by atoms with Crippen molar-refractivity contribution in [2.75, 3.05) is 6.61 Å². The zero-order chi connectivity index (χ0) is 20.7.